The van der Waals surface area contributed by atoms with Crippen LogP contribution in [0.15, 0.2) is 0 Å². The van der Waals surface area contributed by atoms with Crippen LogP contribution in [0, 0.1) is 11.3 Å². The molecule has 2 aliphatic carbocycles. The van der Waals surface area contributed by atoms with Crippen LogP contribution in [0.4, 0.5) is 17.3 Å². The van der Waals surface area contributed by atoms with E-state index in [4.69, 9.17) is 0 Å². The monoisotopic (exact) mass is 195 g/mol. The topological polar surface area (TPSA) is 0 Å². The van der Waals surface area contributed by atoms with Gasteiger partial charge in [0.25, 0.3) is 0 Å². The molecule has 2 saturated carbocycles. The SMILES string of the molecule is FC1CC2(C1)CC(C[B-](F)(F)F)C2. The van der Waals surface area contributed by atoms with Crippen molar-refractivity contribution in [2.24, 2.45) is 11.3 Å². The molecule has 13 heavy (non-hydrogen) atoms. The van der Waals surface area contributed by atoms with Gasteiger partial charge in [-0.25, -0.2) is 4.39 Å². The third-order valence-electron chi connectivity index (χ3n) is 3.35. The van der Waals surface area contributed by atoms with Crippen molar-refractivity contribution < 1.29 is 17.3 Å². The maximum absolute atomic E-state index is 12.5. The molecule has 0 aromatic heterocycles. The molecule has 0 atom stereocenters. The normalized spacial score (nSPS) is 44.3. The minimum Gasteiger partial charge on any atom is -0.449 e. The summed E-state index contributed by atoms with van der Waals surface area (Å²) in [6.07, 6.45) is 0.877. The first-order chi connectivity index (χ1) is 5.89. The van der Waals surface area contributed by atoms with E-state index in [0.717, 1.165) is 0 Å². The first-order valence-corrected chi connectivity index (χ1v) is 4.74. The van der Waals surface area contributed by atoms with Crippen molar-refractivity contribution in [2.75, 3.05) is 0 Å². The van der Waals surface area contributed by atoms with Crippen molar-refractivity contribution in [1.29, 1.82) is 0 Å². The van der Waals surface area contributed by atoms with Gasteiger partial charge in [-0.2, -0.15) is 0 Å². The molecule has 1 spiro atoms. The Hall–Kier alpha value is -0.215. The van der Waals surface area contributed by atoms with Gasteiger partial charge in [0, 0.05) is 0 Å². The summed E-state index contributed by atoms with van der Waals surface area (Å²) in [4.78, 5) is 0. The predicted octanol–water partition coefficient (Wildman–Crippen LogP) is 3.36. The fourth-order valence-electron chi connectivity index (χ4n) is 2.92. The zero-order valence-corrected chi connectivity index (χ0v) is 7.28. The van der Waals surface area contributed by atoms with E-state index in [1.54, 1.807) is 0 Å². The van der Waals surface area contributed by atoms with Crippen molar-refractivity contribution >= 4 is 6.98 Å². The van der Waals surface area contributed by atoms with Crippen molar-refractivity contribution in [3.05, 3.63) is 0 Å². The van der Waals surface area contributed by atoms with Crippen molar-refractivity contribution in [3.8, 4) is 0 Å². The second-order valence-electron chi connectivity index (χ2n) is 4.73. The maximum atomic E-state index is 12.5. The lowest BCUT2D eigenvalue weighted by molar-refractivity contribution is -0.0746. The highest BCUT2D eigenvalue weighted by molar-refractivity contribution is 6.58. The maximum Gasteiger partial charge on any atom is 0.478 e. The van der Waals surface area contributed by atoms with Crippen molar-refractivity contribution in [2.45, 2.75) is 38.2 Å². The quantitative estimate of drug-likeness (QED) is 0.468. The van der Waals surface area contributed by atoms with Crippen LogP contribution in [0.1, 0.15) is 25.7 Å². The first kappa shape index (κ1) is 9.34. The van der Waals surface area contributed by atoms with E-state index in [0.29, 0.717) is 25.7 Å². The van der Waals surface area contributed by atoms with E-state index in [1.807, 2.05) is 0 Å². The molecule has 2 rings (SSSR count). The van der Waals surface area contributed by atoms with Gasteiger partial charge in [0.05, 0.1) is 0 Å². The van der Waals surface area contributed by atoms with Gasteiger partial charge in [0.1, 0.15) is 6.17 Å². The van der Waals surface area contributed by atoms with Crippen molar-refractivity contribution in [1.82, 2.24) is 0 Å². The smallest absolute Gasteiger partial charge is 0.449 e. The lowest BCUT2D eigenvalue weighted by Gasteiger charge is -2.56. The Labute approximate surface area is 74.8 Å². The minimum absolute atomic E-state index is 0.00852. The lowest BCUT2D eigenvalue weighted by atomic mass is 9.48. The molecule has 2 fully saturated rings. The second kappa shape index (κ2) is 2.64. The number of hydrogen-bond donors (Lipinski definition) is 0. The van der Waals surface area contributed by atoms with Gasteiger partial charge in [0.15, 0.2) is 0 Å². The number of alkyl halides is 1. The highest BCUT2D eigenvalue weighted by Gasteiger charge is 2.53. The molecule has 0 nitrogen and oxygen atoms in total. The third-order valence-corrected chi connectivity index (χ3v) is 3.35. The van der Waals surface area contributed by atoms with E-state index in [2.05, 4.69) is 0 Å². The van der Waals surface area contributed by atoms with Gasteiger partial charge in [-0.15, -0.1) is 0 Å². The molecule has 0 N–H and O–H groups in total. The van der Waals surface area contributed by atoms with E-state index >= 15 is 0 Å². The predicted molar refractivity (Wildman–Crippen MR) is 43.2 cm³/mol. The van der Waals surface area contributed by atoms with Crippen molar-refractivity contribution in [3.63, 3.8) is 0 Å². The molecule has 0 heterocycles. The Bertz CT molecular complexity index is 199. The summed E-state index contributed by atoms with van der Waals surface area (Å²) in [6.45, 7) is -4.63. The van der Waals surface area contributed by atoms with Crippen LogP contribution in [0.3, 0.4) is 0 Å². The third kappa shape index (κ3) is 1.84. The standard InChI is InChI=1S/C8H12BF4/c10-7-3-8(4-7)1-6(2-8)5-9(11,12)13/h6-7H,1-5H2/q-1. The average molecular weight is 195 g/mol. The Morgan fingerprint density at radius 2 is 1.62 bits per heavy atom. The van der Waals surface area contributed by atoms with Crippen LogP contribution in [0.2, 0.25) is 6.32 Å². The molecule has 0 unspecified atom stereocenters. The Morgan fingerprint density at radius 1 is 1.08 bits per heavy atom. The summed E-state index contributed by atoms with van der Waals surface area (Å²) in [5.41, 5.74) is -0.00852. The molecule has 0 aromatic rings. The minimum atomic E-state index is -4.63. The van der Waals surface area contributed by atoms with Crippen LogP contribution >= 0.6 is 0 Å². The highest BCUT2D eigenvalue weighted by Crippen LogP contribution is 2.61. The Kier molecular flexibility index (Phi) is 1.90. The Balaban J connectivity index is 1.73. The number of halogens is 4. The first-order valence-electron chi connectivity index (χ1n) is 4.74. The summed E-state index contributed by atoms with van der Waals surface area (Å²) in [5.74, 6) is -0.201. The number of rotatable bonds is 2. The van der Waals surface area contributed by atoms with Crippen LogP contribution in [-0.4, -0.2) is 13.1 Å². The molecular weight excluding hydrogens is 183 g/mol. The number of hydrogen-bond acceptors (Lipinski definition) is 0. The molecule has 0 saturated heterocycles. The van der Waals surface area contributed by atoms with E-state index in [1.165, 1.54) is 0 Å². The van der Waals surface area contributed by atoms with Crippen LogP contribution in [0.25, 0.3) is 0 Å². The molecular formula is C8H12BF4-. The Morgan fingerprint density at radius 3 is 2.00 bits per heavy atom. The van der Waals surface area contributed by atoms with Crippen LogP contribution in [0.5, 0.6) is 0 Å². The zero-order chi connectivity index (χ0) is 9.69. The molecule has 0 aromatic carbocycles. The fourth-order valence-corrected chi connectivity index (χ4v) is 2.92. The molecule has 2 aliphatic rings. The van der Waals surface area contributed by atoms with Gasteiger partial charge >= 0.3 is 6.98 Å². The van der Waals surface area contributed by atoms with Gasteiger partial charge in [0.2, 0.25) is 0 Å². The zero-order valence-electron chi connectivity index (χ0n) is 7.28. The van der Waals surface area contributed by atoms with E-state index in [9.17, 15) is 17.3 Å². The van der Waals surface area contributed by atoms with Crippen LogP contribution < -0.4 is 0 Å². The summed E-state index contributed by atoms with van der Waals surface area (Å²) < 4.78 is 48.4. The van der Waals surface area contributed by atoms with E-state index in [-0.39, 0.29) is 11.3 Å². The molecule has 0 aliphatic heterocycles. The molecule has 5 heteroatoms. The van der Waals surface area contributed by atoms with Gasteiger partial charge in [-0.05, 0) is 31.1 Å². The van der Waals surface area contributed by atoms with E-state index < -0.39 is 19.5 Å². The molecule has 0 radical (unpaired) electrons. The van der Waals surface area contributed by atoms with Gasteiger partial charge < -0.3 is 12.9 Å². The largest absolute Gasteiger partial charge is 0.478 e. The second-order valence-corrected chi connectivity index (χ2v) is 4.73. The highest BCUT2D eigenvalue weighted by atomic mass is 19.4. The summed E-state index contributed by atoms with van der Waals surface area (Å²) in [7, 11) is 0. The molecule has 0 amide bonds. The molecule has 0 bridgehead atoms. The van der Waals surface area contributed by atoms with Gasteiger partial charge in [-0.3, -0.25) is 0 Å². The lowest BCUT2D eigenvalue weighted by Crippen LogP contribution is -2.49. The summed E-state index contributed by atoms with van der Waals surface area (Å²) in [6, 6.07) is 0. The van der Waals surface area contributed by atoms with Gasteiger partial charge in [-0.1, -0.05) is 12.2 Å². The summed E-state index contributed by atoms with van der Waals surface area (Å²) in [5, 5.41) is 0. The molecule has 76 valence electrons. The fraction of sp³-hybridized carbons (Fsp3) is 1.00. The summed E-state index contributed by atoms with van der Waals surface area (Å²) >= 11 is 0. The van der Waals surface area contributed by atoms with Crippen LogP contribution in [-0.2, 0) is 0 Å². The average Bonchev–Trinajstić information content (AvgIpc) is 1.76.